The molecule has 140 valence electrons. The highest BCUT2D eigenvalue weighted by atomic mass is 35.5. The first kappa shape index (κ1) is 19.6. The number of halogens is 1. The molecule has 0 bridgehead atoms. The topological polar surface area (TPSA) is 72.2 Å². The van der Waals surface area contributed by atoms with Gasteiger partial charge >= 0.3 is 0 Å². The van der Waals surface area contributed by atoms with Gasteiger partial charge in [-0.3, -0.25) is 0 Å². The van der Waals surface area contributed by atoms with Crippen molar-refractivity contribution in [3.05, 3.63) is 107 Å². The summed E-state index contributed by atoms with van der Waals surface area (Å²) in [7, 11) is -3.67. The number of benzene rings is 3. The number of hydrogen-bond acceptors (Lipinski definition) is 3. The van der Waals surface area contributed by atoms with E-state index in [0.29, 0.717) is 10.6 Å². The molecule has 0 saturated carbocycles. The molecule has 0 heterocycles. The lowest BCUT2D eigenvalue weighted by Crippen LogP contribution is -2.36. The standard InChI is InChI=1S/C21H21ClN2O2S/c22-19-14-8-7-13-18(19)15-27(25,26)24-21(17-11-5-2-6-12-17)20(23)16-9-3-1-4-10-16/h1-14,20-21,24H,15,23H2. The molecule has 0 aliphatic rings. The van der Waals surface area contributed by atoms with Gasteiger partial charge in [0.25, 0.3) is 0 Å². The van der Waals surface area contributed by atoms with Gasteiger partial charge in [0.2, 0.25) is 10.0 Å². The fraction of sp³-hybridized carbons (Fsp3) is 0.143. The summed E-state index contributed by atoms with van der Waals surface area (Å²) in [5.74, 6) is -0.211. The minimum atomic E-state index is -3.67. The summed E-state index contributed by atoms with van der Waals surface area (Å²) >= 11 is 6.13. The third-order valence-corrected chi connectivity index (χ3v) is 5.98. The van der Waals surface area contributed by atoms with Gasteiger partial charge in [0.15, 0.2) is 0 Å². The number of sulfonamides is 1. The summed E-state index contributed by atoms with van der Waals surface area (Å²) in [6, 6.07) is 24.6. The molecule has 2 atom stereocenters. The Bertz CT molecular complexity index is 979. The minimum Gasteiger partial charge on any atom is -0.322 e. The molecule has 0 spiro atoms. The Kier molecular flexibility index (Phi) is 6.29. The van der Waals surface area contributed by atoms with Gasteiger partial charge in [0, 0.05) is 5.02 Å². The van der Waals surface area contributed by atoms with Crippen LogP contribution in [-0.2, 0) is 15.8 Å². The number of nitrogens with two attached hydrogens (primary N) is 1. The predicted octanol–water partition coefficient (Wildman–Crippen LogP) is 4.20. The Hall–Kier alpha value is -2.18. The predicted molar refractivity (Wildman–Crippen MR) is 110 cm³/mol. The molecular weight excluding hydrogens is 380 g/mol. The van der Waals surface area contributed by atoms with Gasteiger partial charge in [-0.1, -0.05) is 90.5 Å². The van der Waals surface area contributed by atoms with Crippen molar-refractivity contribution in [3.8, 4) is 0 Å². The summed E-state index contributed by atoms with van der Waals surface area (Å²) in [6.45, 7) is 0. The van der Waals surface area contributed by atoms with Crippen LogP contribution in [0.2, 0.25) is 5.02 Å². The highest BCUT2D eigenvalue weighted by Gasteiger charge is 2.26. The molecule has 0 radical (unpaired) electrons. The van der Waals surface area contributed by atoms with Crippen LogP contribution in [0.25, 0.3) is 0 Å². The summed E-state index contributed by atoms with van der Waals surface area (Å²) in [4.78, 5) is 0. The van der Waals surface area contributed by atoms with Crippen molar-refractivity contribution in [2.45, 2.75) is 17.8 Å². The molecule has 3 rings (SSSR count). The number of hydrogen-bond donors (Lipinski definition) is 2. The summed E-state index contributed by atoms with van der Waals surface area (Å²) < 4.78 is 28.5. The Labute approximate surface area is 165 Å². The van der Waals surface area contributed by atoms with Crippen LogP contribution >= 0.6 is 11.6 Å². The van der Waals surface area contributed by atoms with Crippen LogP contribution in [0.4, 0.5) is 0 Å². The van der Waals surface area contributed by atoms with E-state index in [9.17, 15) is 8.42 Å². The van der Waals surface area contributed by atoms with Gasteiger partial charge in [0.1, 0.15) is 0 Å². The Morgan fingerprint density at radius 1 is 0.815 bits per heavy atom. The van der Waals surface area contributed by atoms with Crippen LogP contribution in [0.1, 0.15) is 28.8 Å². The van der Waals surface area contributed by atoms with Crippen molar-refractivity contribution in [1.29, 1.82) is 0 Å². The lowest BCUT2D eigenvalue weighted by Gasteiger charge is -2.26. The smallest absolute Gasteiger partial charge is 0.216 e. The average molecular weight is 401 g/mol. The largest absolute Gasteiger partial charge is 0.322 e. The molecule has 0 fully saturated rings. The maximum absolute atomic E-state index is 12.8. The van der Waals surface area contributed by atoms with E-state index in [0.717, 1.165) is 11.1 Å². The molecule has 0 saturated heterocycles. The molecule has 3 aromatic carbocycles. The first-order valence-electron chi connectivity index (χ1n) is 8.55. The second kappa shape index (κ2) is 8.67. The van der Waals surface area contributed by atoms with Crippen molar-refractivity contribution in [1.82, 2.24) is 4.72 Å². The molecule has 3 aromatic rings. The van der Waals surface area contributed by atoms with Crippen LogP contribution < -0.4 is 10.5 Å². The van der Waals surface area contributed by atoms with Gasteiger partial charge < -0.3 is 5.73 Å². The van der Waals surface area contributed by atoms with Crippen molar-refractivity contribution >= 4 is 21.6 Å². The highest BCUT2D eigenvalue weighted by Crippen LogP contribution is 2.28. The fourth-order valence-electron chi connectivity index (χ4n) is 2.93. The molecule has 0 aliphatic carbocycles. The zero-order valence-corrected chi connectivity index (χ0v) is 16.2. The van der Waals surface area contributed by atoms with Gasteiger partial charge in [0.05, 0.1) is 17.8 Å². The van der Waals surface area contributed by atoms with E-state index >= 15 is 0 Å². The van der Waals surface area contributed by atoms with Gasteiger partial charge in [-0.05, 0) is 22.8 Å². The second-order valence-corrected chi connectivity index (χ2v) is 8.45. The number of rotatable bonds is 7. The molecule has 0 aliphatic heterocycles. The first-order chi connectivity index (χ1) is 13.0. The van der Waals surface area contributed by atoms with Crippen LogP contribution in [-0.4, -0.2) is 8.42 Å². The third kappa shape index (κ3) is 5.17. The maximum Gasteiger partial charge on any atom is 0.216 e. The summed E-state index contributed by atoms with van der Waals surface area (Å²) in [5, 5.41) is 0.423. The first-order valence-corrected chi connectivity index (χ1v) is 10.6. The Morgan fingerprint density at radius 3 is 1.93 bits per heavy atom. The monoisotopic (exact) mass is 400 g/mol. The second-order valence-electron chi connectivity index (χ2n) is 6.29. The molecule has 0 amide bonds. The summed E-state index contributed by atoms with van der Waals surface area (Å²) in [5.41, 5.74) is 8.65. The van der Waals surface area contributed by atoms with Gasteiger partial charge in [-0.25, -0.2) is 13.1 Å². The van der Waals surface area contributed by atoms with Crippen molar-refractivity contribution < 1.29 is 8.42 Å². The van der Waals surface area contributed by atoms with Crippen LogP contribution in [0.3, 0.4) is 0 Å². The zero-order chi connectivity index (χ0) is 19.3. The normalized spacial score (nSPS) is 13.9. The van der Waals surface area contributed by atoms with Crippen molar-refractivity contribution in [3.63, 3.8) is 0 Å². The zero-order valence-electron chi connectivity index (χ0n) is 14.6. The van der Waals surface area contributed by atoms with Crippen molar-refractivity contribution in [2.75, 3.05) is 0 Å². The van der Waals surface area contributed by atoms with Gasteiger partial charge in [-0.2, -0.15) is 0 Å². The van der Waals surface area contributed by atoms with Crippen LogP contribution in [0, 0.1) is 0 Å². The molecular formula is C21H21ClN2O2S. The average Bonchev–Trinajstić information content (AvgIpc) is 2.69. The third-order valence-electron chi connectivity index (χ3n) is 4.31. The van der Waals surface area contributed by atoms with Gasteiger partial charge in [-0.15, -0.1) is 0 Å². The lowest BCUT2D eigenvalue weighted by atomic mass is 9.95. The summed E-state index contributed by atoms with van der Waals surface area (Å²) in [6.07, 6.45) is 0. The maximum atomic E-state index is 12.8. The molecule has 2 unspecified atom stereocenters. The molecule has 3 N–H and O–H groups in total. The quantitative estimate of drug-likeness (QED) is 0.624. The Morgan fingerprint density at radius 2 is 1.33 bits per heavy atom. The Balaban J connectivity index is 1.90. The SMILES string of the molecule is NC(c1ccccc1)C(NS(=O)(=O)Cc1ccccc1Cl)c1ccccc1. The van der Waals surface area contributed by atoms with E-state index < -0.39 is 22.1 Å². The van der Waals surface area contributed by atoms with E-state index in [1.807, 2.05) is 60.7 Å². The van der Waals surface area contributed by atoms with E-state index in [4.69, 9.17) is 17.3 Å². The fourth-order valence-corrected chi connectivity index (χ4v) is 4.63. The molecule has 6 heteroatoms. The molecule has 4 nitrogen and oxygen atoms in total. The minimum absolute atomic E-state index is 0.211. The van der Waals surface area contributed by atoms with Crippen LogP contribution in [0.15, 0.2) is 84.9 Å². The molecule has 27 heavy (non-hydrogen) atoms. The van der Waals surface area contributed by atoms with Crippen molar-refractivity contribution in [2.24, 2.45) is 5.73 Å². The van der Waals surface area contributed by atoms with E-state index in [2.05, 4.69) is 4.72 Å². The molecule has 0 aromatic heterocycles. The van der Waals surface area contributed by atoms with E-state index in [1.165, 1.54) is 0 Å². The lowest BCUT2D eigenvalue weighted by molar-refractivity contribution is 0.503. The van der Waals surface area contributed by atoms with E-state index in [1.54, 1.807) is 24.3 Å². The van der Waals surface area contributed by atoms with Crippen LogP contribution in [0.5, 0.6) is 0 Å². The highest BCUT2D eigenvalue weighted by molar-refractivity contribution is 7.88. The number of nitrogens with one attached hydrogen (secondary N) is 1. The van der Waals surface area contributed by atoms with E-state index in [-0.39, 0.29) is 5.75 Å².